The Morgan fingerprint density at radius 3 is 2.58 bits per heavy atom. The third-order valence-electron chi connectivity index (χ3n) is 5.10. The van der Waals surface area contributed by atoms with Crippen LogP contribution < -0.4 is 4.74 Å². The third-order valence-corrected chi connectivity index (χ3v) is 5.10. The smallest absolute Gasteiger partial charge is 0.425 e. The lowest BCUT2D eigenvalue weighted by Gasteiger charge is -2.22. The van der Waals surface area contributed by atoms with Gasteiger partial charge in [0, 0.05) is 18.3 Å². The van der Waals surface area contributed by atoms with Crippen LogP contribution >= 0.6 is 0 Å². The monoisotopic (exact) mass is 452 g/mol. The summed E-state index contributed by atoms with van der Waals surface area (Å²) in [6.07, 6.45) is -3.51. The first-order valence-corrected chi connectivity index (χ1v) is 9.70. The summed E-state index contributed by atoms with van der Waals surface area (Å²) in [5.41, 5.74) is 2.29. The van der Waals surface area contributed by atoms with Crippen LogP contribution in [0.5, 0.6) is 5.75 Å². The van der Waals surface area contributed by atoms with Gasteiger partial charge in [0.1, 0.15) is 17.5 Å². The Morgan fingerprint density at radius 2 is 1.97 bits per heavy atom. The standard InChI is InChI=1S/C22H15F3N6O2/c1-13(22(23,24)25)33-20-5-2-14(7-26)6-18(20)21(32)30-10-15-11-31(29-19(15)12-30)17-4-3-16(8-27)28-9-17/h2-6,9,11,13H,10,12H2,1H3. The molecule has 1 unspecified atom stereocenters. The minimum atomic E-state index is -4.61. The Hall–Kier alpha value is -4.38. The van der Waals surface area contributed by atoms with Crippen LogP contribution in [0.2, 0.25) is 0 Å². The number of benzene rings is 1. The zero-order chi connectivity index (χ0) is 23.8. The number of carbonyl (C=O) groups is 1. The van der Waals surface area contributed by atoms with E-state index >= 15 is 0 Å². The minimum Gasteiger partial charge on any atom is -0.480 e. The summed E-state index contributed by atoms with van der Waals surface area (Å²) >= 11 is 0. The topological polar surface area (TPSA) is 108 Å². The van der Waals surface area contributed by atoms with Crippen LogP contribution in [0.3, 0.4) is 0 Å². The molecule has 0 radical (unpaired) electrons. The van der Waals surface area contributed by atoms with Crippen molar-refractivity contribution < 1.29 is 22.7 Å². The number of amides is 1. The average molecular weight is 452 g/mol. The Labute approximate surface area is 186 Å². The fourth-order valence-electron chi connectivity index (χ4n) is 3.31. The van der Waals surface area contributed by atoms with Gasteiger partial charge in [-0.15, -0.1) is 0 Å². The van der Waals surface area contributed by atoms with Crippen molar-refractivity contribution in [3.8, 4) is 23.6 Å². The van der Waals surface area contributed by atoms with Crippen molar-refractivity contribution in [2.75, 3.05) is 0 Å². The number of hydrogen-bond acceptors (Lipinski definition) is 6. The van der Waals surface area contributed by atoms with E-state index in [1.165, 1.54) is 29.3 Å². The van der Waals surface area contributed by atoms with Gasteiger partial charge in [0.2, 0.25) is 0 Å². The van der Waals surface area contributed by atoms with Crippen molar-refractivity contribution in [2.45, 2.75) is 32.3 Å². The molecule has 0 aliphatic carbocycles. The van der Waals surface area contributed by atoms with E-state index < -0.39 is 18.2 Å². The number of fused-ring (bicyclic) bond motifs is 1. The van der Waals surface area contributed by atoms with E-state index in [1.54, 1.807) is 23.0 Å². The summed E-state index contributed by atoms with van der Waals surface area (Å²) in [6.45, 7) is 1.16. The highest BCUT2D eigenvalue weighted by Gasteiger charge is 2.39. The van der Waals surface area contributed by atoms with Crippen LogP contribution in [0.15, 0.2) is 42.7 Å². The predicted octanol–water partition coefficient (Wildman–Crippen LogP) is 3.50. The van der Waals surface area contributed by atoms with E-state index in [0.717, 1.165) is 12.5 Å². The summed E-state index contributed by atoms with van der Waals surface area (Å²) in [6, 6.07) is 10.8. The fraction of sp³-hybridized carbons (Fsp3) is 0.227. The predicted molar refractivity (Wildman–Crippen MR) is 107 cm³/mol. The molecule has 1 atom stereocenters. The van der Waals surface area contributed by atoms with Crippen LogP contribution in [-0.4, -0.2) is 37.9 Å². The molecule has 0 saturated heterocycles. The number of aromatic nitrogens is 3. The maximum absolute atomic E-state index is 13.1. The van der Waals surface area contributed by atoms with Crippen molar-refractivity contribution in [3.05, 3.63) is 70.8 Å². The number of hydrogen-bond donors (Lipinski definition) is 0. The summed E-state index contributed by atoms with van der Waals surface area (Å²) in [5, 5.41) is 22.5. The first kappa shape index (κ1) is 21.8. The molecule has 166 valence electrons. The normalized spacial score (nSPS) is 13.7. The Balaban J connectivity index is 1.56. The van der Waals surface area contributed by atoms with Gasteiger partial charge in [-0.05, 0) is 37.3 Å². The number of rotatable bonds is 4. The fourth-order valence-corrected chi connectivity index (χ4v) is 3.31. The van der Waals surface area contributed by atoms with Gasteiger partial charge in [0.25, 0.3) is 5.91 Å². The molecule has 3 aromatic rings. The van der Waals surface area contributed by atoms with Crippen LogP contribution in [0.25, 0.3) is 5.69 Å². The molecule has 0 spiro atoms. The molecule has 0 N–H and O–H groups in total. The molecule has 0 bridgehead atoms. The number of nitrogens with zero attached hydrogens (tertiary/aromatic N) is 6. The van der Waals surface area contributed by atoms with Crippen LogP contribution in [-0.2, 0) is 13.1 Å². The maximum Gasteiger partial charge on any atom is 0.425 e. The van der Waals surface area contributed by atoms with Crippen molar-refractivity contribution >= 4 is 5.91 Å². The number of alkyl halides is 3. The lowest BCUT2D eigenvalue weighted by atomic mass is 10.1. The van der Waals surface area contributed by atoms with E-state index in [9.17, 15) is 18.0 Å². The number of pyridine rings is 1. The highest BCUT2D eigenvalue weighted by Crippen LogP contribution is 2.31. The van der Waals surface area contributed by atoms with E-state index in [-0.39, 0.29) is 35.7 Å². The van der Waals surface area contributed by atoms with Crippen molar-refractivity contribution in [2.24, 2.45) is 0 Å². The molecule has 0 saturated carbocycles. The van der Waals surface area contributed by atoms with E-state index in [1.807, 2.05) is 12.1 Å². The number of carbonyl (C=O) groups excluding carboxylic acids is 1. The van der Waals surface area contributed by atoms with Crippen LogP contribution in [0, 0.1) is 22.7 Å². The number of nitriles is 2. The Kier molecular flexibility index (Phi) is 5.48. The Bertz CT molecular complexity index is 1280. The molecule has 1 amide bonds. The molecule has 4 rings (SSSR count). The van der Waals surface area contributed by atoms with Gasteiger partial charge in [-0.2, -0.15) is 28.8 Å². The van der Waals surface area contributed by atoms with Gasteiger partial charge in [-0.3, -0.25) is 4.79 Å². The molecule has 1 aliphatic heterocycles. The van der Waals surface area contributed by atoms with Gasteiger partial charge < -0.3 is 9.64 Å². The highest BCUT2D eigenvalue weighted by molar-refractivity contribution is 5.97. The molecule has 2 aromatic heterocycles. The SMILES string of the molecule is CC(Oc1ccc(C#N)cc1C(=O)N1Cc2cn(-c3ccc(C#N)nc3)nc2C1)C(F)(F)F. The lowest BCUT2D eigenvalue weighted by molar-refractivity contribution is -0.189. The first-order chi connectivity index (χ1) is 15.7. The highest BCUT2D eigenvalue weighted by atomic mass is 19.4. The van der Waals surface area contributed by atoms with Crippen LogP contribution in [0.1, 0.15) is 39.8 Å². The van der Waals surface area contributed by atoms with Crippen LogP contribution in [0.4, 0.5) is 13.2 Å². The van der Waals surface area contributed by atoms with Crippen molar-refractivity contribution in [1.82, 2.24) is 19.7 Å². The van der Waals surface area contributed by atoms with Gasteiger partial charge in [0.05, 0.1) is 41.3 Å². The average Bonchev–Trinajstić information content (AvgIpc) is 3.38. The molecular weight excluding hydrogens is 437 g/mol. The van der Waals surface area contributed by atoms with Crippen molar-refractivity contribution in [3.63, 3.8) is 0 Å². The minimum absolute atomic E-state index is 0.125. The quantitative estimate of drug-likeness (QED) is 0.600. The number of halogens is 3. The molecule has 1 aromatic carbocycles. The van der Waals surface area contributed by atoms with E-state index in [0.29, 0.717) is 11.4 Å². The second-order valence-electron chi connectivity index (χ2n) is 7.34. The summed E-state index contributed by atoms with van der Waals surface area (Å²) < 4.78 is 45.5. The largest absolute Gasteiger partial charge is 0.480 e. The van der Waals surface area contributed by atoms with Gasteiger partial charge in [-0.25, -0.2) is 9.67 Å². The van der Waals surface area contributed by atoms with E-state index in [4.69, 9.17) is 15.3 Å². The second kappa shape index (κ2) is 8.28. The molecule has 33 heavy (non-hydrogen) atoms. The van der Waals surface area contributed by atoms with Crippen molar-refractivity contribution in [1.29, 1.82) is 10.5 Å². The molecule has 8 nitrogen and oxygen atoms in total. The summed E-state index contributed by atoms with van der Waals surface area (Å²) in [7, 11) is 0. The van der Waals surface area contributed by atoms with Gasteiger partial charge >= 0.3 is 6.18 Å². The molecule has 11 heteroatoms. The zero-order valence-corrected chi connectivity index (χ0v) is 17.2. The number of ether oxygens (including phenoxy) is 1. The zero-order valence-electron chi connectivity index (χ0n) is 17.2. The summed E-state index contributed by atoms with van der Waals surface area (Å²) in [4.78, 5) is 18.6. The van der Waals surface area contributed by atoms with Gasteiger partial charge in [0.15, 0.2) is 6.10 Å². The third kappa shape index (κ3) is 4.34. The first-order valence-electron chi connectivity index (χ1n) is 9.70. The summed E-state index contributed by atoms with van der Waals surface area (Å²) in [5.74, 6) is -0.817. The van der Waals surface area contributed by atoms with E-state index in [2.05, 4.69) is 10.1 Å². The van der Waals surface area contributed by atoms with Gasteiger partial charge in [-0.1, -0.05) is 0 Å². The maximum atomic E-state index is 13.1. The lowest BCUT2D eigenvalue weighted by Crippen LogP contribution is -2.32. The molecule has 1 aliphatic rings. The molecule has 3 heterocycles. The Morgan fingerprint density at radius 1 is 1.18 bits per heavy atom. The second-order valence-corrected chi connectivity index (χ2v) is 7.34. The molecular formula is C22H15F3N6O2. The molecule has 0 fully saturated rings.